The summed E-state index contributed by atoms with van der Waals surface area (Å²) in [6, 6.07) is 18.5. The number of hydrogen-bond donors (Lipinski definition) is 1. The molecule has 0 atom stereocenters. The average Bonchev–Trinajstić information content (AvgIpc) is 2.70. The van der Waals surface area contributed by atoms with Crippen LogP contribution in [0.1, 0.15) is 11.1 Å². The number of nitriles is 1. The fourth-order valence-electron chi connectivity index (χ4n) is 2.71. The van der Waals surface area contributed by atoms with Crippen LogP contribution >= 0.6 is 0 Å². The number of carboxylic acid groups (broad SMARTS) is 1. The number of nitro groups is 1. The minimum Gasteiger partial charge on any atom is -0.488 e. The van der Waals surface area contributed by atoms with Gasteiger partial charge in [0.2, 0.25) is 0 Å². The van der Waals surface area contributed by atoms with Crippen molar-refractivity contribution in [2.24, 2.45) is 0 Å². The molecule has 28 heavy (non-hydrogen) atoms. The van der Waals surface area contributed by atoms with Crippen LogP contribution in [0.5, 0.6) is 5.75 Å². The second-order valence-corrected chi connectivity index (χ2v) is 5.89. The van der Waals surface area contributed by atoms with Crippen molar-refractivity contribution in [2.75, 3.05) is 0 Å². The second-order valence-electron chi connectivity index (χ2n) is 5.89. The fraction of sp³-hybridized carbons (Fsp3) is 0.0476. The lowest BCUT2D eigenvalue weighted by Gasteiger charge is -2.12. The maximum absolute atomic E-state index is 11.3. The molecule has 0 aromatic heterocycles. The third-order valence-corrected chi connectivity index (χ3v) is 4.11. The number of benzene rings is 3. The maximum atomic E-state index is 11.3. The van der Waals surface area contributed by atoms with Crippen molar-refractivity contribution in [3.05, 3.63) is 87.5 Å². The van der Waals surface area contributed by atoms with Gasteiger partial charge >= 0.3 is 5.97 Å². The van der Waals surface area contributed by atoms with E-state index in [1.54, 1.807) is 24.3 Å². The quantitative estimate of drug-likeness (QED) is 0.297. The zero-order chi connectivity index (χ0) is 20.1. The second kappa shape index (κ2) is 8.01. The minimum atomic E-state index is -1.32. The Hall–Kier alpha value is -4.18. The third-order valence-electron chi connectivity index (χ3n) is 4.11. The van der Waals surface area contributed by atoms with Gasteiger partial charge in [0.05, 0.1) is 4.92 Å². The molecule has 1 N–H and O–H groups in total. The van der Waals surface area contributed by atoms with Crippen LogP contribution in [-0.2, 0) is 11.4 Å². The van der Waals surface area contributed by atoms with E-state index in [1.807, 2.05) is 30.3 Å². The van der Waals surface area contributed by atoms with Gasteiger partial charge in [0.25, 0.3) is 5.69 Å². The van der Waals surface area contributed by atoms with Crippen molar-refractivity contribution in [1.82, 2.24) is 0 Å². The molecular weight excluding hydrogens is 360 g/mol. The van der Waals surface area contributed by atoms with Gasteiger partial charge in [-0.3, -0.25) is 10.1 Å². The van der Waals surface area contributed by atoms with E-state index in [9.17, 15) is 20.0 Å². The van der Waals surface area contributed by atoms with Crippen LogP contribution in [0.4, 0.5) is 5.69 Å². The molecule has 0 fully saturated rings. The predicted octanol–water partition coefficient (Wildman–Crippen LogP) is 4.32. The predicted molar refractivity (Wildman–Crippen MR) is 103 cm³/mol. The van der Waals surface area contributed by atoms with E-state index >= 15 is 0 Å². The Morgan fingerprint density at radius 1 is 1.14 bits per heavy atom. The Morgan fingerprint density at radius 3 is 2.50 bits per heavy atom. The van der Waals surface area contributed by atoms with Gasteiger partial charge in [-0.1, -0.05) is 30.3 Å². The van der Waals surface area contributed by atoms with Gasteiger partial charge in [-0.15, -0.1) is 0 Å². The van der Waals surface area contributed by atoms with Crippen molar-refractivity contribution in [3.63, 3.8) is 0 Å². The number of nitrogens with zero attached hydrogens (tertiary/aromatic N) is 2. The number of rotatable bonds is 6. The molecule has 7 nitrogen and oxygen atoms in total. The number of non-ortho nitro benzene ring substituents is 1. The Bertz CT molecular complexity index is 1130. The lowest BCUT2D eigenvalue weighted by Crippen LogP contribution is -2.01. The van der Waals surface area contributed by atoms with E-state index < -0.39 is 16.5 Å². The molecule has 3 rings (SSSR count). The van der Waals surface area contributed by atoms with Crippen molar-refractivity contribution in [3.8, 4) is 11.8 Å². The van der Waals surface area contributed by atoms with Crippen LogP contribution in [0.3, 0.4) is 0 Å². The Balaban J connectivity index is 1.98. The molecule has 138 valence electrons. The molecule has 0 spiro atoms. The van der Waals surface area contributed by atoms with Crippen LogP contribution in [-0.4, -0.2) is 16.0 Å². The molecule has 0 saturated heterocycles. The van der Waals surface area contributed by atoms with Crippen LogP contribution in [0.25, 0.3) is 16.8 Å². The summed E-state index contributed by atoms with van der Waals surface area (Å²) >= 11 is 0. The smallest absolute Gasteiger partial charge is 0.346 e. The molecule has 0 heterocycles. The molecule has 0 aliphatic heterocycles. The number of hydrogen-bond acceptors (Lipinski definition) is 5. The summed E-state index contributed by atoms with van der Waals surface area (Å²) < 4.78 is 5.84. The number of ether oxygens (including phenoxy) is 1. The lowest BCUT2D eigenvalue weighted by molar-refractivity contribution is -0.384. The first-order chi connectivity index (χ1) is 13.5. The van der Waals surface area contributed by atoms with Gasteiger partial charge in [-0.05, 0) is 40.6 Å². The third kappa shape index (κ3) is 3.97. The Kier molecular flexibility index (Phi) is 5.33. The maximum Gasteiger partial charge on any atom is 0.346 e. The highest BCUT2D eigenvalue weighted by Gasteiger charge is 2.13. The molecule has 3 aromatic carbocycles. The topological polar surface area (TPSA) is 113 Å². The SMILES string of the molecule is N#CC(=Cc1c(OCc2ccc([N+](=O)[O-])cc2)ccc2ccccc12)C(=O)O. The average molecular weight is 374 g/mol. The van der Waals surface area contributed by atoms with Crippen LogP contribution in [0.15, 0.2) is 66.2 Å². The van der Waals surface area contributed by atoms with Gasteiger partial charge in [0.15, 0.2) is 0 Å². The molecule has 3 aromatic rings. The van der Waals surface area contributed by atoms with Crippen molar-refractivity contribution in [1.29, 1.82) is 5.26 Å². The van der Waals surface area contributed by atoms with E-state index in [0.717, 1.165) is 10.8 Å². The summed E-state index contributed by atoms with van der Waals surface area (Å²) in [5.74, 6) is -0.914. The number of carbonyl (C=O) groups is 1. The monoisotopic (exact) mass is 374 g/mol. The standard InChI is InChI=1S/C21H14N2O5/c22-12-16(21(24)25)11-19-18-4-2-1-3-15(18)7-10-20(19)28-13-14-5-8-17(9-6-14)23(26)27/h1-11H,13H2,(H,24,25). The lowest BCUT2D eigenvalue weighted by atomic mass is 10.0. The molecule has 0 bridgehead atoms. The molecular formula is C21H14N2O5. The summed E-state index contributed by atoms with van der Waals surface area (Å²) in [5.41, 5.74) is 0.779. The number of nitro benzene ring substituents is 1. The first-order valence-electron chi connectivity index (χ1n) is 8.22. The van der Waals surface area contributed by atoms with E-state index in [0.29, 0.717) is 16.9 Å². The number of carboxylic acids is 1. The summed E-state index contributed by atoms with van der Waals surface area (Å²) in [6.07, 6.45) is 1.29. The van der Waals surface area contributed by atoms with E-state index in [4.69, 9.17) is 10.00 Å². The molecule has 0 saturated carbocycles. The number of fused-ring (bicyclic) bond motifs is 1. The van der Waals surface area contributed by atoms with Crippen molar-refractivity contribution in [2.45, 2.75) is 6.61 Å². The number of aliphatic carboxylic acids is 1. The van der Waals surface area contributed by atoms with Gasteiger partial charge in [0, 0.05) is 17.7 Å². The highest BCUT2D eigenvalue weighted by molar-refractivity contribution is 6.01. The largest absolute Gasteiger partial charge is 0.488 e. The van der Waals surface area contributed by atoms with E-state index in [-0.39, 0.29) is 12.3 Å². The highest BCUT2D eigenvalue weighted by Crippen LogP contribution is 2.31. The Labute approximate surface area is 159 Å². The minimum absolute atomic E-state index is 0.0156. The van der Waals surface area contributed by atoms with Gasteiger partial charge in [-0.2, -0.15) is 5.26 Å². The van der Waals surface area contributed by atoms with Crippen LogP contribution in [0.2, 0.25) is 0 Å². The summed E-state index contributed by atoms with van der Waals surface area (Å²) in [7, 11) is 0. The summed E-state index contributed by atoms with van der Waals surface area (Å²) in [4.78, 5) is 21.5. The van der Waals surface area contributed by atoms with Crippen LogP contribution in [0, 0.1) is 21.4 Å². The first kappa shape index (κ1) is 18.6. The summed E-state index contributed by atoms with van der Waals surface area (Å²) in [6.45, 7) is 0.131. The molecule has 0 aliphatic carbocycles. The van der Waals surface area contributed by atoms with Gasteiger partial charge < -0.3 is 9.84 Å². The molecule has 0 unspecified atom stereocenters. The molecule has 7 heteroatoms. The molecule has 0 amide bonds. The fourth-order valence-corrected chi connectivity index (χ4v) is 2.71. The van der Waals surface area contributed by atoms with Crippen molar-refractivity contribution < 1.29 is 19.6 Å². The van der Waals surface area contributed by atoms with Gasteiger partial charge in [-0.25, -0.2) is 4.79 Å². The van der Waals surface area contributed by atoms with E-state index in [2.05, 4.69) is 0 Å². The van der Waals surface area contributed by atoms with Gasteiger partial charge in [0.1, 0.15) is 24.0 Å². The van der Waals surface area contributed by atoms with Crippen molar-refractivity contribution >= 4 is 28.5 Å². The van der Waals surface area contributed by atoms with Crippen LogP contribution < -0.4 is 4.74 Å². The normalized spacial score (nSPS) is 11.0. The first-order valence-corrected chi connectivity index (χ1v) is 8.22. The van der Waals surface area contributed by atoms with E-state index in [1.165, 1.54) is 18.2 Å². The zero-order valence-corrected chi connectivity index (χ0v) is 14.5. The highest BCUT2D eigenvalue weighted by atomic mass is 16.6. The Morgan fingerprint density at radius 2 is 1.86 bits per heavy atom. The zero-order valence-electron chi connectivity index (χ0n) is 14.5. The summed E-state index contributed by atoms with van der Waals surface area (Å²) in [5, 5.41) is 30.7. The molecule has 0 aliphatic rings. The molecule has 0 radical (unpaired) electrons.